The van der Waals surface area contributed by atoms with E-state index in [1.807, 2.05) is 4.90 Å². The fourth-order valence-corrected chi connectivity index (χ4v) is 4.10. The molecule has 0 atom stereocenters. The van der Waals surface area contributed by atoms with Crippen LogP contribution in [0.25, 0.3) is 0 Å². The molecule has 0 bridgehead atoms. The third-order valence-corrected chi connectivity index (χ3v) is 5.72. The highest BCUT2D eigenvalue weighted by Crippen LogP contribution is 2.37. The highest BCUT2D eigenvalue weighted by molar-refractivity contribution is 7.89. The van der Waals surface area contributed by atoms with Crippen molar-refractivity contribution in [1.82, 2.24) is 8.68 Å². The van der Waals surface area contributed by atoms with E-state index >= 15 is 0 Å². The standard InChI is InChI=1S/C9H16N4O2S2/c1-12(2)17(14,15)7-8(10)11-16-9(7)13-5-3-4-6-13/h3-6H2,1-2H3,(H2,10,11). The Morgan fingerprint density at radius 2 is 1.94 bits per heavy atom. The Kier molecular flexibility index (Phi) is 3.28. The van der Waals surface area contributed by atoms with Gasteiger partial charge in [-0.3, -0.25) is 0 Å². The number of sulfonamides is 1. The molecule has 0 spiro atoms. The molecule has 2 heterocycles. The maximum Gasteiger partial charge on any atom is 0.249 e. The molecular weight excluding hydrogens is 260 g/mol. The van der Waals surface area contributed by atoms with Crippen molar-refractivity contribution in [3.05, 3.63) is 0 Å². The van der Waals surface area contributed by atoms with Crippen molar-refractivity contribution < 1.29 is 8.42 Å². The first-order valence-corrected chi connectivity index (χ1v) is 7.58. The fourth-order valence-electron chi connectivity index (χ4n) is 1.83. The van der Waals surface area contributed by atoms with Crippen molar-refractivity contribution in [1.29, 1.82) is 0 Å². The summed E-state index contributed by atoms with van der Waals surface area (Å²) in [7, 11) is -0.517. The first kappa shape index (κ1) is 12.6. The van der Waals surface area contributed by atoms with Crippen molar-refractivity contribution in [2.45, 2.75) is 17.7 Å². The first-order chi connectivity index (χ1) is 7.94. The molecule has 0 aromatic carbocycles. The summed E-state index contributed by atoms with van der Waals surface area (Å²) in [5, 5.41) is 0.675. The van der Waals surface area contributed by atoms with Crippen molar-refractivity contribution in [2.75, 3.05) is 37.8 Å². The van der Waals surface area contributed by atoms with Crippen molar-refractivity contribution in [3.63, 3.8) is 0 Å². The van der Waals surface area contributed by atoms with Crippen LogP contribution in [0.2, 0.25) is 0 Å². The summed E-state index contributed by atoms with van der Waals surface area (Å²) in [4.78, 5) is 2.21. The molecule has 0 aliphatic carbocycles. The van der Waals surface area contributed by atoms with Crippen molar-refractivity contribution in [2.24, 2.45) is 0 Å². The van der Waals surface area contributed by atoms with E-state index in [9.17, 15) is 8.42 Å². The number of hydrogen-bond acceptors (Lipinski definition) is 6. The number of rotatable bonds is 3. The van der Waals surface area contributed by atoms with Crippen LogP contribution in [0, 0.1) is 0 Å². The molecular formula is C9H16N4O2S2. The van der Waals surface area contributed by atoms with E-state index in [-0.39, 0.29) is 10.7 Å². The summed E-state index contributed by atoms with van der Waals surface area (Å²) in [6.07, 6.45) is 2.17. The van der Waals surface area contributed by atoms with Crippen LogP contribution in [-0.4, -0.2) is 44.3 Å². The molecule has 1 aromatic rings. The zero-order chi connectivity index (χ0) is 12.6. The predicted molar refractivity (Wildman–Crippen MR) is 68.8 cm³/mol. The Morgan fingerprint density at radius 3 is 2.47 bits per heavy atom. The Hall–Kier alpha value is -0.860. The van der Waals surface area contributed by atoms with Gasteiger partial charge in [0.2, 0.25) is 10.0 Å². The van der Waals surface area contributed by atoms with Crippen LogP contribution >= 0.6 is 11.5 Å². The number of anilines is 2. The molecule has 0 saturated carbocycles. The number of hydrogen-bond donors (Lipinski definition) is 1. The zero-order valence-electron chi connectivity index (χ0n) is 9.88. The van der Waals surface area contributed by atoms with Gasteiger partial charge in [0.1, 0.15) is 5.00 Å². The van der Waals surface area contributed by atoms with Gasteiger partial charge in [-0.25, -0.2) is 12.7 Å². The SMILES string of the molecule is CN(C)S(=O)(=O)c1c(N)nsc1N1CCCC1. The summed E-state index contributed by atoms with van der Waals surface area (Å²) >= 11 is 1.16. The minimum absolute atomic E-state index is 0.102. The molecule has 0 unspecified atom stereocenters. The molecule has 0 radical (unpaired) electrons. The molecule has 17 heavy (non-hydrogen) atoms. The van der Waals surface area contributed by atoms with Gasteiger partial charge >= 0.3 is 0 Å². The summed E-state index contributed by atoms with van der Waals surface area (Å²) in [5.41, 5.74) is 5.70. The average Bonchev–Trinajstić information content (AvgIpc) is 2.85. The zero-order valence-corrected chi connectivity index (χ0v) is 11.5. The Balaban J connectivity index is 2.49. The molecule has 0 amide bonds. The number of nitrogen functional groups attached to an aromatic ring is 1. The lowest BCUT2D eigenvalue weighted by atomic mass is 10.4. The summed E-state index contributed by atoms with van der Waals surface area (Å²) < 4.78 is 29.5. The van der Waals surface area contributed by atoms with Gasteiger partial charge in [0.15, 0.2) is 10.7 Å². The van der Waals surface area contributed by atoms with Gasteiger partial charge in [0.25, 0.3) is 0 Å². The molecule has 1 aliphatic heterocycles. The van der Waals surface area contributed by atoms with E-state index in [1.165, 1.54) is 18.4 Å². The van der Waals surface area contributed by atoms with Crippen molar-refractivity contribution >= 4 is 32.4 Å². The van der Waals surface area contributed by atoms with E-state index in [2.05, 4.69) is 4.37 Å². The van der Waals surface area contributed by atoms with Crippen LogP contribution in [0.15, 0.2) is 4.90 Å². The molecule has 2 N–H and O–H groups in total. The predicted octanol–water partition coefficient (Wildman–Crippen LogP) is 0.576. The fraction of sp³-hybridized carbons (Fsp3) is 0.667. The van der Waals surface area contributed by atoms with Crippen LogP contribution in [0.3, 0.4) is 0 Å². The monoisotopic (exact) mass is 276 g/mol. The maximum absolute atomic E-state index is 12.2. The summed E-state index contributed by atoms with van der Waals surface area (Å²) in [6.45, 7) is 1.75. The van der Waals surface area contributed by atoms with Crippen LogP contribution < -0.4 is 10.6 Å². The van der Waals surface area contributed by atoms with Crippen molar-refractivity contribution in [3.8, 4) is 0 Å². The molecule has 1 aromatic heterocycles. The minimum Gasteiger partial charge on any atom is -0.382 e. The van der Waals surface area contributed by atoms with Crippen LogP contribution in [0.1, 0.15) is 12.8 Å². The Labute approximate surface area is 105 Å². The van der Waals surface area contributed by atoms with Gasteiger partial charge < -0.3 is 10.6 Å². The van der Waals surface area contributed by atoms with Gasteiger partial charge in [-0.2, -0.15) is 4.37 Å². The first-order valence-electron chi connectivity index (χ1n) is 5.37. The van der Waals surface area contributed by atoms with E-state index in [4.69, 9.17) is 5.73 Å². The highest BCUT2D eigenvalue weighted by Gasteiger charge is 2.31. The molecule has 1 aliphatic rings. The quantitative estimate of drug-likeness (QED) is 0.873. The van der Waals surface area contributed by atoms with Crippen LogP contribution in [0.4, 0.5) is 10.8 Å². The maximum atomic E-state index is 12.2. The second-order valence-corrected chi connectivity index (χ2v) is 7.02. The van der Waals surface area contributed by atoms with Crippen LogP contribution in [-0.2, 0) is 10.0 Å². The third-order valence-electron chi connectivity index (χ3n) is 2.79. The Bertz CT molecular complexity index is 503. The largest absolute Gasteiger partial charge is 0.382 e. The number of nitrogens with two attached hydrogens (primary N) is 1. The van der Waals surface area contributed by atoms with Crippen LogP contribution in [0.5, 0.6) is 0 Å². The topological polar surface area (TPSA) is 79.5 Å². The van der Waals surface area contributed by atoms with E-state index in [0.29, 0.717) is 5.00 Å². The van der Waals surface area contributed by atoms with Gasteiger partial charge in [-0.05, 0) is 24.4 Å². The molecule has 8 heteroatoms. The second-order valence-electron chi connectivity index (χ2n) is 4.18. The normalized spacial score (nSPS) is 17.0. The lowest BCUT2D eigenvalue weighted by Gasteiger charge is -2.18. The molecule has 1 saturated heterocycles. The number of nitrogens with zero attached hydrogens (tertiary/aromatic N) is 3. The average molecular weight is 276 g/mol. The highest BCUT2D eigenvalue weighted by atomic mass is 32.2. The molecule has 6 nitrogen and oxygen atoms in total. The Morgan fingerprint density at radius 1 is 1.35 bits per heavy atom. The lowest BCUT2D eigenvalue weighted by Crippen LogP contribution is -2.26. The third kappa shape index (κ3) is 2.12. The van der Waals surface area contributed by atoms with Gasteiger partial charge in [-0.1, -0.05) is 0 Å². The van der Waals surface area contributed by atoms with Gasteiger partial charge in [-0.15, -0.1) is 0 Å². The van der Waals surface area contributed by atoms with Gasteiger partial charge in [0, 0.05) is 27.2 Å². The number of aromatic nitrogens is 1. The smallest absolute Gasteiger partial charge is 0.249 e. The summed E-state index contributed by atoms with van der Waals surface area (Å²) in [5.74, 6) is 0.102. The molecule has 1 fully saturated rings. The van der Waals surface area contributed by atoms with E-state index < -0.39 is 10.0 Å². The minimum atomic E-state index is -3.52. The lowest BCUT2D eigenvalue weighted by molar-refractivity contribution is 0.521. The molecule has 2 rings (SSSR count). The molecule has 96 valence electrons. The van der Waals surface area contributed by atoms with Gasteiger partial charge in [0.05, 0.1) is 0 Å². The van der Waals surface area contributed by atoms with E-state index in [0.717, 1.165) is 37.5 Å². The van der Waals surface area contributed by atoms with E-state index in [1.54, 1.807) is 0 Å². The summed E-state index contributed by atoms with van der Waals surface area (Å²) in [6, 6.07) is 0. The second kappa shape index (κ2) is 4.43.